The number of aromatic nitrogens is 3. The third kappa shape index (κ3) is 1.89. The van der Waals surface area contributed by atoms with E-state index < -0.39 is 0 Å². The van der Waals surface area contributed by atoms with Gasteiger partial charge in [0.2, 0.25) is 0 Å². The van der Waals surface area contributed by atoms with Crippen LogP contribution in [0.3, 0.4) is 0 Å². The molecule has 2 heterocycles. The van der Waals surface area contributed by atoms with Crippen molar-refractivity contribution in [3.8, 4) is 0 Å². The SMILES string of the molecule is CCn1cc(C(N)c2nc3c(s2)CCC3)cn1. The van der Waals surface area contributed by atoms with E-state index in [0.29, 0.717) is 0 Å². The summed E-state index contributed by atoms with van der Waals surface area (Å²) < 4.78 is 1.90. The van der Waals surface area contributed by atoms with E-state index in [1.165, 1.54) is 23.4 Å². The molecule has 0 aromatic carbocycles. The summed E-state index contributed by atoms with van der Waals surface area (Å²) >= 11 is 1.77. The fraction of sp³-hybridized carbons (Fsp3) is 0.500. The molecule has 0 amide bonds. The van der Waals surface area contributed by atoms with Crippen LogP contribution >= 0.6 is 11.3 Å². The van der Waals surface area contributed by atoms with E-state index in [-0.39, 0.29) is 6.04 Å². The van der Waals surface area contributed by atoms with Gasteiger partial charge >= 0.3 is 0 Å². The summed E-state index contributed by atoms with van der Waals surface area (Å²) in [5.41, 5.74) is 8.56. The largest absolute Gasteiger partial charge is 0.318 e. The van der Waals surface area contributed by atoms with Gasteiger partial charge in [0.05, 0.1) is 17.9 Å². The van der Waals surface area contributed by atoms with Gasteiger partial charge in [-0.2, -0.15) is 5.10 Å². The van der Waals surface area contributed by atoms with Gasteiger partial charge < -0.3 is 5.73 Å². The molecule has 0 fully saturated rings. The molecule has 0 aliphatic heterocycles. The lowest BCUT2D eigenvalue weighted by atomic mass is 10.2. The van der Waals surface area contributed by atoms with Crippen molar-refractivity contribution in [2.24, 2.45) is 5.73 Å². The minimum atomic E-state index is -0.120. The summed E-state index contributed by atoms with van der Waals surface area (Å²) in [7, 11) is 0. The van der Waals surface area contributed by atoms with Gasteiger partial charge in [-0.1, -0.05) is 0 Å². The van der Waals surface area contributed by atoms with Crippen LogP contribution in [0, 0.1) is 0 Å². The van der Waals surface area contributed by atoms with Gasteiger partial charge in [0.25, 0.3) is 0 Å². The number of aryl methyl sites for hydroxylation is 3. The van der Waals surface area contributed by atoms with E-state index in [2.05, 4.69) is 17.0 Å². The second-order valence-electron chi connectivity index (χ2n) is 4.38. The lowest BCUT2D eigenvalue weighted by molar-refractivity contribution is 0.658. The molecule has 17 heavy (non-hydrogen) atoms. The van der Waals surface area contributed by atoms with Crippen molar-refractivity contribution in [2.45, 2.75) is 38.8 Å². The van der Waals surface area contributed by atoms with Crippen molar-refractivity contribution in [1.82, 2.24) is 14.8 Å². The summed E-state index contributed by atoms with van der Waals surface area (Å²) in [5.74, 6) is 0. The quantitative estimate of drug-likeness (QED) is 0.902. The molecule has 2 aromatic heterocycles. The van der Waals surface area contributed by atoms with Crippen molar-refractivity contribution in [2.75, 3.05) is 0 Å². The number of rotatable bonds is 3. The van der Waals surface area contributed by atoms with Crippen molar-refractivity contribution in [3.63, 3.8) is 0 Å². The number of nitrogens with zero attached hydrogens (tertiary/aromatic N) is 3. The molecule has 0 spiro atoms. The van der Waals surface area contributed by atoms with Crippen LogP contribution in [0.4, 0.5) is 0 Å². The lowest BCUT2D eigenvalue weighted by Crippen LogP contribution is -2.11. The maximum atomic E-state index is 6.24. The van der Waals surface area contributed by atoms with Gasteiger partial charge in [-0.25, -0.2) is 4.98 Å². The fourth-order valence-corrected chi connectivity index (χ4v) is 3.38. The maximum Gasteiger partial charge on any atom is 0.115 e. The Bertz CT molecular complexity index is 507. The van der Waals surface area contributed by atoms with E-state index in [1.54, 1.807) is 11.3 Å². The molecule has 1 unspecified atom stereocenters. The van der Waals surface area contributed by atoms with Crippen molar-refractivity contribution in [1.29, 1.82) is 0 Å². The average Bonchev–Trinajstić information content (AvgIpc) is 3.02. The minimum absolute atomic E-state index is 0.120. The number of thiazole rings is 1. The smallest absolute Gasteiger partial charge is 0.115 e. The normalized spacial score (nSPS) is 16.1. The van der Waals surface area contributed by atoms with Crippen LogP contribution in [-0.2, 0) is 19.4 Å². The van der Waals surface area contributed by atoms with Crippen LogP contribution in [0.5, 0.6) is 0 Å². The van der Waals surface area contributed by atoms with E-state index in [0.717, 1.165) is 23.5 Å². The van der Waals surface area contributed by atoms with Crippen molar-refractivity contribution >= 4 is 11.3 Å². The van der Waals surface area contributed by atoms with Crippen LogP contribution in [0.25, 0.3) is 0 Å². The third-order valence-electron chi connectivity index (χ3n) is 3.21. The molecule has 5 heteroatoms. The van der Waals surface area contributed by atoms with Crippen LogP contribution in [0.15, 0.2) is 12.4 Å². The molecule has 0 saturated carbocycles. The Labute approximate surface area is 104 Å². The summed E-state index contributed by atoms with van der Waals surface area (Å²) in [5, 5.41) is 5.29. The van der Waals surface area contributed by atoms with E-state index >= 15 is 0 Å². The molecule has 0 radical (unpaired) electrons. The highest BCUT2D eigenvalue weighted by Crippen LogP contribution is 2.31. The standard InChI is InChI=1S/C12H16N4S/c1-2-16-7-8(6-14-16)11(13)12-15-9-4-3-5-10(9)17-12/h6-7,11H,2-5,13H2,1H3. The van der Waals surface area contributed by atoms with Crippen LogP contribution in [0.1, 0.15) is 40.5 Å². The highest BCUT2D eigenvalue weighted by molar-refractivity contribution is 7.11. The highest BCUT2D eigenvalue weighted by atomic mass is 32.1. The Morgan fingerprint density at radius 1 is 1.53 bits per heavy atom. The van der Waals surface area contributed by atoms with Gasteiger partial charge in [0, 0.05) is 23.2 Å². The molecule has 90 valence electrons. The first kappa shape index (κ1) is 10.9. The van der Waals surface area contributed by atoms with E-state index in [9.17, 15) is 0 Å². The third-order valence-corrected chi connectivity index (χ3v) is 4.46. The summed E-state index contributed by atoms with van der Waals surface area (Å²) in [6.07, 6.45) is 7.40. The lowest BCUT2D eigenvalue weighted by Gasteiger charge is -2.04. The zero-order chi connectivity index (χ0) is 11.8. The monoisotopic (exact) mass is 248 g/mol. The molecular formula is C12H16N4S. The zero-order valence-electron chi connectivity index (χ0n) is 9.89. The second kappa shape index (κ2) is 4.23. The molecule has 2 N–H and O–H groups in total. The Balaban J connectivity index is 1.87. The Morgan fingerprint density at radius 3 is 3.12 bits per heavy atom. The first-order valence-electron chi connectivity index (χ1n) is 6.04. The first-order chi connectivity index (χ1) is 8.28. The fourth-order valence-electron chi connectivity index (χ4n) is 2.20. The van der Waals surface area contributed by atoms with Gasteiger partial charge in [-0.05, 0) is 26.2 Å². The Morgan fingerprint density at radius 2 is 2.41 bits per heavy atom. The molecular weight excluding hydrogens is 232 g/mol. The van der Waals surface area contributed by atoms with Gasteiger partial charge in [0.1, 0.15) is 5.01 Å². The molecule has 4 nitrogen and oxygen atoms in total. The second-order valence-corrected chi connectivity index (χ2v) is 5.50. The van der Waals surface area contributed by atoms with E-state index in [1.807, 2.05) is 17.1 Å². The maximum absolute atomic E-state index is 6.24. The van der Waals surface area contributed by atoms with Crippen molar-refractivity contribution < 1.29 is 0 Å². The predicted molar refractivity (Wildman–Crippen MR) is 68.1 cm³/mol. The minimum Gasteiger partial charge on any atom is -0.318 e. The van der Waals surface area contributed by atoms with Gasteiger partial charge in [-0.3, -0.25) is 4.68 Å². The number of hydrogen-bond donors (Lipinski definition) is 1. The molecule has 0 saturated heterocycles. The number of hydrogen-bond acceptors (Lipinski definition) is 4. The first-order valence-corrected chi connectivity index (χ1v) is 6.86. The Kier molecular flexibility index (Phi) is 2.72. The zero-order valence-corrected chi connectivity index (χ0v) is 10.7. The van der Waals surface area contributed by atoms with Gasteiger partial charge in [0.15, 0.2) is 0 Å². The molecule has 1 aliphatic carbocycles. The number of nitrogens with two attached hydrogens (primary N) is 1. The summed E-state index contributed by atoms with van der Waals surface area (Å²) in [6.45, 7) is 2.95. The summed E-state index contributed by atoms with van der Waals surface area (Å²) in [4.78, 5) is 6.09. The molecule has 1 atom stereocenters. The molecule has 0 bridgehead atoms. The summed E-state index contributed by atoms with van der Waals surface area (Å²) in [6, 6.07) is -0.120. The highest BCUT2D eigenvalue weighted by Gasteiger charge is 2.21. The Hall–Kier alpha value is -1.20. The molecule has 2 aromatic rings. The molecule has 1 aliphatic rings. The van der Waals surface area contributed by atoms with Crippen LogP contribution in [0.2, 0.25) is 0 Å². The van der Waals surface area contributed by atoms with Crippen LogP contribution < -0.4 is 5.73 Å². The van der Waals surface area contributed by atoms with Gasteiger partial charge in [-0.15, -0.1) is 11.3 Å². The molecule has 3 rings (SSSR count). The van der Waals surface area contributed by atoms with E-state index in [4.69, 9.17) is 5.73 Å². The predicted octanol–water partition coefficient (Wildman–Crippen LogP) is 1.90. The number of fused-ring (bicyclic) bond motifs is 1. The van der Waals surface area contributed by atoms with Crippen LogP contribution in [-0.4, -0.2) is 14.8 Å². The van der Waals surface area contributed by atoms with Crippen molar-refractivity contribution in [3.05, 3.63) is 33.5 Å². The average molecular weight is 248 g/mol. The topological polar surface area (TPSA) is 56.7 Å².